The Kier molecular flexibility index (Phi) is 4.75. The van der Waals surface area contributed by atoms with Gasteiger partial charge in [-0.2, -0.15) is 0 Å². The van der Waals surface area contributed by atoms with Crippen LogP contribution in [0.25, 0.3) is 0 Å². The summed E-state index contributed by atoms with van der Waals surface area (Å²) in [5.74, 6) is 1.40. The lowest BCUT2D eigenvalue weighted by Gasteiger charge is -2.22. The Morgan fingerprint density at radius 3 is 2.56 bits per heavy atom. The van der Waals surface area contributed by atoms with Crippen molar-refractivity contribution in [1.29, 1.82) is 0 Å². The zero-order valence-corrected chi connectivity index (χ0v) is 11.0. The highest BCUT2D eigenvalue weighted by molar-refractivity contribution is 7.85. The van der Waals surface area contributed by atoms with E-state index in [0.717, 1.165) is 18.4 Å². The summed E-state index contributed by atoms with van der Waals surface area (Å²) in [5.41, 5.74) is 1.08. The van der Waals surface area contributed by atoms with E-state index in [4.69, 9.17) is 0 Å². The fraction of sp³-hybridized carbons (Fsp3) is 0.462. The van der Waals surface area contributed by atoms with Gasteiger partial charge in [0.1, 0.15) is 0 Å². The second-order valence-electron chi connectivity index (χ2n) is 4.43. The highest BCUT2D eigenvalue weighted by atomic mass is 32.2. The highest BCUT2D eigenvalue weighted by Crippen LogP contribution is 2.08. The summed E-state index contributed by atoms with van der Waals surface area (Å²) in [4.78, 5) is 11.7. The Labute approximate surface area is 110 Å². The van der Waals surface area contributed by atoms with Gasteiger partial charge in [0.05, 0.1) is 0 Å². The minimum absolute atomic E-state index is 0.142. The molecule has 0 radical (unpaired) electrons. The van der Waals surface area contributed by atoms with Gasteiger partial charge in [-0.05, 0) is 18.4 Å². The first-order valence-electron chi connectivity index (χ1n) is 6.17. The quantitative estimate of drug-likeness (QED) is 0.868. The van der Waals surface area contributed by atoms with Crippen LogP contribution in [-0.4, -0.2) is 27.8 Å². The van der Waals surface area contributed by atoms with Gasteiger partial charge in [-0.25, -0.2) is 4.79 Å². The van der Waals surface area contributed by atoms with Gasteiger partial charge >= 0.3 is 6.03 Å². The van der Waals surface area contributed by atoms with Crippen LogP contribution in [0.3, 0.4) is 0 Å². The van der Waals surface area contributed by atoms with E-state index in [1.165, 1.54) is 0 Å². The maximum Gasteiger partial charge on any atom is 0.315 e. The van der Waals surface area contributed by atoms with Gasteiger partial charge in [0, 0.05) is 34.9 Å². The van der Waals surface area contributed by atoms with Gasteiger partial charge in [-0.1, -0.05) is 30.3 Å². The van der Waals surface area contributed by atoms with E-state index < -0.39 is 10.8 Å². The van der Waals surface area contributed by atoms with Crippen molar-refractivity contribution in [2.24, 2.45) is 0 Å². The molecule has 0 aliphatic carbocycles. The molecule has 1 aliphatic rings. The summed E-state index contributed by atoms with van der Waals surface area (Å²) < 4.78 is 11.2. The molecule has 0 spiro atoms. The second-order valence-corrected chi connectivity index (χ2v) is 6.13. The normalized spacial score (nSPS) is 23.3. The predicted octanol–water partition coefficient (Wildman–Crippen LogP) is 1.40. The minimum atomic E-state index is -0.681. The third kappa shape index (κ3) is 4.14. The van der Waals surface area contributed by atoms with Gasteiger partial charge in [0.2, 0.25) is 0 Å². The molecule has 5 heteroatoms. The third-order valence-electron chi connectivity index (χ3n) is 3.02. The lowest BCUT2D eigenvalue weighted by molar-refractivity contribution is 0.235. The maximum absolute atomic E-state index is 11.7. The SMILES string of the molecule is O=C(NCc1ccccc1)NC1CCS(=O)CC1. The third-order valence-corrected chi connectivity index (χ3v) is 4.40. The maximum atomic E-state index is 11.7. The summed E-state index contributed by atoms with van der Waals surface area (Å²) in [6.45, 7) is 0.533. The standard InChI is InChI=1S/C13H18N2O2S/c16-13(14-10-11-4-2-1-3-5-11)15-12-6-8-18(17)9-7-12/h1-5,12H,6-10H2,(H2,14,15,16). The van der Waals surface area contributed by atoms with Crippen molar-refractivity contribution in [3.63, 3.8) is 0 Å². The van der Waals surface area contributed by atoms with Crippen molar-refractivity contribution in [3.8, 4) is 0 Å². The first-order valence-corrected chi connectivity index (χ1v) is 7.66. The molecule has 2 rings (SSSR count). The predicted molar refractivity (Wildman–Crippen MR) is 72.7 cm³/mol. The smallest absolute Gasteiger partial charge is 0.315 e. The molecule has 0 aromatic heterocycles. The molecular weight excluding hydrogens is 248 g/mol. The fourth-order valence-corrected chi connectivity index (χ4v) is 3.25. The van der Waals surface area contributed by atoms with E-state index in [0.29, 0.717) is 18.1 Å². The Hall–Kier alpha value is -1.36. The van der Waals surface area contributed by atoms with E-state index in [1.54, 1.807) is 0 Å². The van der Waals surface area contributed by atoms with E-state index in [1.807, 2.05) is 30.3 Å². The molecule has 4 nitrogen and oxygen atoms in total. The Morgan fingerprint density at radius 1 is 1.22 bits per heavy atom. The molecule has 2 N–H and O–H groups in total. The number of carbonyl (C=O) groups is 1. The fourth-order valence-electron chi connectivity index (χ4n) is 1.95. The molecule has 1 heterocycles. The van der Waals surface area contributed by atoms with Gasteiger partial charge in [-0.15, -0.1) is 0 Å². The van der Waals surface area contributed by atoms with Gasteiger partial charge < -0.3 is 10.6 Å². The zero-order chi connectivity index (χ0) is 12.8. The van der Waals surface area contributed by atoms with Gasteiger partial charge in [0.15, 0.2) is 0 Å². The molecule has 0 atom stereocenters. The first kappa shape index (κ1) is 13.1. The summed E-state index contributed by atoms with van der Waals surface area (Å²) in [7, 11) is -0.681. The molecular formula is C13H18N2O2S. The molecule has 98 valence electrons. The minimum Gasteiger partial charge on any atom is -0.335 e. The van der Waals surface area contributed by atoms with Crippen LogP contribution in [0.15, 0.2) is 30.3 Å². The number of carbonyl (C=O) groups excluding carboxylic acids is 1. The van der Waals surface area contributed by atoms with Crippen molar-refractivity contribution in [3.05, 3.63) is 35.9 Å². The van der Waals surface area contributed by atoms with Gasteiger partial charge in [0.25, 0.3) is 0 Å². The first-order chi connectivity index (χ1) is 8.74. The Morgan fingerprint density at radius 2 is 1.89 bits per heavy atom. The molecule has 1 fully saturated rings. The van der Waals surface area contributed by atoms with E-state index in [-0.39, 0.29) is 12.1 Å². The summed E-state index contributed by atoms with van der Waals surface area (Å²) in [6, 6.07) is 9.83. The molecule has 1 aliphatic heterocycles. The summed E-state index contributed by atoms with van der Waals surface area (Å²) in [5, 5.41) is 5.76. The topological polar surface area (TPSA) is 58.2 Å². The number of benzene rings is 1. The van der Waals surface area contributed by atoms with Crippen LogP contribution in [-0.2, 0) is 17.3 Å². The summed E-state index contributed by atoms with van der Waals surface area (Å²) >= 11 is 0. The van der Waals surface area contributed by atoms with Crippen LogP contribution >= 0.6 is 0 Å². The van der Waals surface area contributed by atoms with Gasteiger partial charge in [-0.3, -0.25) is 4.21 Å². The van der Waals surface area contributed by atoms with E-state index >= 15 is 0 Å². The largest absolute Gasteiger partial charge is 0.335 e. The van der Waals surface area contributed by atoms with Crippen molar-refractivity contribution in [2.75, 3.05) is 11.5 Å². The Bertz CT molecular complexity index is 412. The zero-order valence-electron chi connectivity index (χ0n) is 10.2. The van der Waals surface area contributed by atoms with E-state index in [2.05, 4.69) is 10.6 Å². The van der Waals surface area contributed by atoms with Crippen molar-refractivity contribution in [2.45, 2.75) is 25.4 Å². The number of hydrogen-bond donors (Lipinski definition) is 2. The number of urea groups is 1. The number of nitrogens with one attached hydrogen (secondary N) is 2. The molecule has 1 aromatic carbocycles. The molecule has 2 amide bonds. The lowest BCUT2D eigenvalue weighted by atomic mass is 10.1. The van der Waals surface area contributed by atoms with Crippen LogP contribution in [0.4, 0.5) is 4.79 Å². The molecule has 1 saturated heterocycles. The highest BCUT2D eigenvalue weighted by Gasteiger charge is 2.19. The molecule has 0 bridgehead atoms. The molecule has 0 saturated carbocycles. The lowest BCUT2D eigenvalue weighted by Crippen LogP contribution is -2.44. The Balaban J connectivity index is 1.71. The van der Waals surface area contributed by atoms with Crippen LogP contribution in [0.2, 0.25) is 0 Å². The number of amides is 2. The average molecular weight is 266 g/mol. The summed E-state index contributed by atoms with van der Waals surface area (Å²) in [6.07, 6.45) is 1.62. The second kappa shape index (κ2) is 6.54. The molecule has 1 aromatic rings. The number of rotatable bonds is 3. The van der Waals surface area contributed by atoms with Crippen molar-refractivity contribution < 1.29 is 9.00 Å². The van der Waals surface area contributed by atoms with Crippen LogP contribution in [0, 0.1) is 0 Å². The van der Waals surface area contributed by atoms with Crippen molar-refractivity contribution in [1.82, 2.24) is 10.6 Å². The van der Waals surface area contributed by atoms with Crippen molar-refractivity contribution >= 4 is 16.8 Å². The molecule has 18 heavy (non-hydrogen) atoms. The monoisotopic (exact) mass is 266 g/mol. The average Bonchev–Trinajstić information content (AvgIpc) is 2.40. The van der Waals surface area contributed by atoms with Crippen LogP contribution < -0.4 is 10.6 Å². The molecule has 0 unspecified atom stereocenters. The van der Waals surface area contributed by atoms with Crippen LogP contribution in [0.1, 0.15) is 18.4 Å². The number of hydrogen-bond acceptors (Lipinski definition) is 2. The van der Waals surface area contributed by atoms with E-state index in [9.17, 15) is 9.00 Å². The van der Waals surface area contributed by atoms with Crippen LogP contribution in [0.5, 0.6) is 0 Å².